The van der Waals surface area contributed by atoms with Crippen molar-refractivity contribution in [3.05, 3.63) is 28.8 Å². The smallest absolute Gasteiger partial charge is 0.124 e. The molecule has 1 heterocycles. The van der Waals surface area contributed by atoms with Gasteiger partial charge in [-0.25, -0.2) is 4.98 Å². The zero-order valence-corrected chi connectivity index (χ0v) is 9.09. The Hall–Kier alpha value is -1.22. The summed E-state index contributed by atoms with van der Waals surface area (Å²) in [6, 6.07) is 6.13. The molecule has 1 aliphatic rings. The Morgan fingerprint density at radius 1 is 1.47 bits per heavy atom. The van der Waals surface area contributed by atoms with Crippen LogP contribution in [0, 0.1) is 0 Å². The molecule has 2 aromatic rings. The van der Waals surface area contributed by atoms with Crippen LogP contribution in [0.3, 0.4) is 0 Å². The van der Waals surface area contributed by atoms with E-state index < -0.39 is 0 Å². The molecule has 0 N–H and O–H groups in total. The molecule has 3 rings (SSSR count). The summed E-state index contributed by atoms with van der Waals surface area (Å²) in [5.41, 5.74) is 2.12. The summed E-state index contributed by atoms with van der Waals surface area (Å²) < 4.78 is 1.24. The predicted octanol–water partition coefficient (Wildman–Crippen LogP) is 2.92. The van der Waals surface area contributed by atoms with E-state index in [0.717, 1.165) is 23.3 Å². The average Bonchev–Trinajstić information content (AvgIpc) is 2.99. The van der Waals surface area contributed by atoms with Crippen molar-refractivity contribution in [2.45, 2.75) is 25.2 Å². The largest absolute Gasteiger partial charge is 0.303 e. The van der Waals surface area contributed by atoms with Crippen LogP contribution in [-0.2, 0) is 11.2 Å². The first-order valence-corrected chi connectivity index (χ1v) is 6.01. The monoisotopic (exact) mass is 217 g/mol. The minimum atomic E-state index is 0.492. The van der Waals surface area contributed by atoms with Gasteiger partial charge in [-0.15, -0.1) is 11.3 Å². The van der Waals surface area contributed by atoms with E-state index >= 15 is 0 Å². The molecule has 0 aliphatic heterocycles. The maximum atomic E-state index is 10.4. The van der Waals surface area contributed by atoms with Gasteiger partial charge in [-0.2, -0.15) is 0 Å². The number of nitrogens with zero attached hydrogens (tertiary/aromatic N) is 1. The van der Waals surface area contributed by atoms with Crippen LogP contribution >= 0.6 is 11.3 Å². The molecule has 15 heavy (non-hydrogen) atoms. The Morgan fingerprint density at radius 3 is 3.07 bits per heavy atom. The highest BCUT2D eigenvalue weighted by molar-refractivity contribution is 7.18. The number of rotatable bonds is 3. The van der Waals surface area contributed by atoms with Crippen LogP contribution in [0.1, 0.15) is 29.3 Å². The lowest BCUT2D eigenvalue weighted by molar-refractivity contribution is -0.107. The van der Waals surface area contributed by atoms with Gasteiger partial charge in [-0.3, -0.25) is 0 Å². The third-order valence-corrected chi connectivity index (χ3v) is 3.91. The van der Waals surface area contributed by atoms with E-state index in [-0.39, 0.29) is 0 Å². The topological polar surface area (TPSA) is 30.0 Å². The molecule has 1 fully saturated rings. The summed E-state index contributed by atoms with van der Waals surface area (Å²) in [6.07, 6.45) is 4.02. The summed E-state index contributed by atoms with van der Waals surface area (Å²) in [6.45, 7) is 0. The first-order chi connectivity index (χ1) is 7.36. The van der Waals surface area contributed by atoms with E-state index in [4.69, 9.17) is 0 Å². The Morgan fingerprint density at radius 2 is 2.33 bits per heavy atom. The number of hydrogen-bond donors (Lipinski definition) is 0. The van der Waals surface area contributed by atoms with Crippen molar-refractivity contribution in [2.24, 2.45) is 0 Å². The quantitative estimate of drug-likeness (QED) is 0.740. The summed E-state index contributed by atoms with van der Waals surface area (Å²) in [5.74, 6) is 0.719. The zero-order valence-electron chi connectivity index (χ0n) is 8.27. The Labute approximate surface area is 92.0 Å². The molecule has 0 atom stereocenters. The Balaban J connectivity index is 2.05. The first-order valence-electron chi connectivity index (χ1n) is 5.20. The Kier molecular flexibility index (Phi) is 2.06. The van der Waals surface area contributed by atoms with Gasteiger partial charge in [0.05, 0.1) is 15.2 Å². The van der Waals surface area contributed by atoms with Gasteiger partial charge in [-0.05, 0) is 30.5 Å². The number of aldehydes is 1. The second-order valence-corrected chi connectivity index (χ2v) is 5.06. The van der Waals surface area contributed by atoms with Crippen LogP contribution < -0.4 is 0 Å². The molecule has 0 saturated heterocycles. The van der Waals surface area contributed by atoms with E-state index in [1.165, 1.54) is 22.5 Å². The zero-order chi connectivity index (χ0) is 10.3. The lowest BCUT2D eigenvalue weighted by Gasteiger charge is -1.93. The molecule has 1 saturated carbocycles. The van der Waals surface area contributed by atoms with E-state index in [1.54, 1.807) is 11.3 Å². The molecule has 2 nitrogen and oxygen atoms in total. The van der Waals surface area contributed by atoms with Gasteiger partial charge < -0.3 is 4.79 Å². The normalized spacial score (nSPS) is 15.7. The molecule has 0 unspecified atom stereocenters. The van der Waals surface area contributed by atoms with Crippen molar-refractivity contribution < 1.29 is 4.79 Å². The molecule has 0 spiro atoms. The maximum absolute atomic E-state index is 10.4. The van der Waals surface area contributed by atoms with Crippen molar-refractivity contribution in [1.29, 1.82) is 0 Å². The highest BCUT2D eigenvalue weighted by Gasteiger charge is 2.26. The van der Waals surface area contributed by atoms with Crippen LogP contribution in [0.4, 0.5) is 0 Å². The number of carbonyl (C=O) groups is 1. The molecule has 1 aromatic heterocycles. The lowest BCUT2D eigenvalue weighted by Crippen LogP contribution is -1.84. The minimum Gasteiger partial charge on any atom is -0.303 e. The highest BCUT2D eigenvalue weighted by atomic mass is 32.1. The molecular weight excluding hydrogens is 206 g/mol. The molecule has 3 heteroatoms. The number of thiazole rings is 1. The van der Waals surface area contributed by atoms with E-state index in [0.29, 0.717) is 6.42 Å². The molecule has 0 amide bonds. The number of aromatic nitrogens is 1. The SMILES string of the molecule is O=CCc1ccc2sc(C3CC3)nc2c1. The fourth-order valence-corrected chi connectivity index (χ4v) is 2.84. The third kappa shape index (κ3) is 1.67. The fraction of sp³-hybridized carbons (Fsp3) is 0.333. The second kappa shape index (κ2) is 3.42. The van der Waals surface area contributed by atoms with E-state index in [1.807, 2.05) is 12.1 Å². The van der Waals surface area contributed by atoms with Gasteiger partial charge in [0.15, 0.2) is 0 Å². The highest BCUT2D eigenvalue weighted by Crippen LogP contribution is 2.43. The van der Waals surface area contributed by atoms with E-state index in [2.05, 4.69) is 11.1 Å². The van der Waals surface area contributed by atoms with Crippen molar-refractivity contribution in [3.8, 4) is 0 Å². The standard InChI is InChI=1S/C12H11NOS/c14-6-5-8-1-4-11-10(7-8)13-12(15-11)9-2-3-9/h1,4,6-7,9H,2-3,5H2. The summed E-state index contributed by atoms with van der Waals surface area (Å²) in [4.78, 5) is 15.0. The van der Waals surface area contributed by atoms with Crippen molar-refractivity contribution in [1.82, 2.24) is 4.98 Å². The fourth-order valence-electron chi connectivity index (χ4n) is 1.72. The number of fused-ring (bicyclic) bond motifs is 1. The van der Waals surface area contributed by atoms with Crippen LogP contribution in [0.15, 0.2) is 18.2 Å². The van der Waals surface area contributed by atoms with Crippen molar-refractivity contribution in [2.75, 3.05) is 0 Å². The van der Waals surface area contributed by atoms with Gasteiger partial charge >= 0.3 is 0 Å². The minimum absolute atomic E-state index is 0.492. The molecule has 1 aromatic carbocycles. The molecule has 0 radical (unpaired) electrons. The lowest BCUT2D eigenvalue weighted by atomic mass is 10.1. The Bertz CT molecular complexity index is 513. The molecule has 1 aliphatic carbocycles. The van der Waals surface area contributed by atoms with Crippen molar-refractivity contribution >= 4 is 27.8 Å². The van der Waals surface area contributed by atoms with Gasteiger partial charge in [-0.1, -0.05) is 6.07 Å². The van der Waals surface area contributed by atoms with Crippen LogP contribution in [0.25, 0.3) is 10.2 Å². The second-order valence-electron chi connectivity index (χ2n) is 4.00. The van der Waals surface area contributed by atoms with Gasteiger partial charge in [0, 0.05) is 12.3 Å². The van der Waals surface area contributed by atoms with Crippen LogP contribution in [-0.4, -0.2) is 11.3 Å². The summed E-state index contributed by atoms with van der Waals surface area (Å²) in [7, 11) is 0. The number of benzene rings is 1. The molecular formula is C12H11NOS. The van der Waals surface area contributed by atoms with E-state index in [9.17, 15) is 4.79 Å². The van der Waals surface area contributed by atoms with Gasteiger partial charge in [0.25, 0.3) is 0 Å². The maximum Gasteiger partial charge on any atom is 0.124 e. The van der Waals surface area contributed by atoms with Gasteiger partial charge in [0.1, 0.15) is 6.29 Å². The molecule has 76 valence electrons. The summed E-state index contributed by atoms with van der Waals surface area (Å²) in [5, 5.41) is 1.27. The summed E-state index contributed by atoms with van der Waals surface area (Å²) >= 11 is 1.80. The predicted molar refractivity (Wildman–Crippen MR) is 61.4 cm³/mol. The van der Waals surface area contributed by atoms with Crippen LogP contribution in [0.2, 0.25) is 0 Å². The molecule has 0 bridgehead atoms. The van der Waals surface area contributed by atoms with Gasteiger partial charge in [0.2, 0.25) is 0 Å². The average molecular weight is 217 g/mol. The first kappa shape index (κ1) is 9.04. The van der Waals surface area contributed by atoms with Crippen LogP contribution in [0.5, 0.6) is 0 Å². The third-order valence-electron chi connectivity index (χ3n) is 2.71. The number of hydrogen-bond acceptors (Lipinski definition) is 3. The number of carbonyl (C=O) groups excluding carboxylic acids is 1. The van der Waals surface area contributed by atoms with Crippen molar-refractivity contribution in [3.63, 3.8) is 0 Å².